The quantitative estimate of drug-likeness (QED) is 0.0704. The molecule has 244 valence electrons. The van der Waals surface area contributed by atoms with Gasteiger partial charge in [0.25, 0.3) is 0 Å². The van der Waals surface area contributed by atoms with Gasteiger partial charge in [-0.2, -0.15) is 0 Å². The number of aryl methyl sites for hydroxylation is 1. The van der Waals surface area contributed by atoms with Gasteiger partial charge in [-0.15, -0.1) is 0 Å². The second-order valence-electron chi connectivity index (χ2n) is 11.7. The summed E-state index contributed by atoms with van der Waals surface area (Å²) in [5.41, 5.74) is 3.62. The number of carbonyl (C=O) groups excluding carboxylic acids is 1. The van der Waals surface area contributed by atoms with Crippen LogP contribution in [0.4, 0.5) is 0 Å². The predicted octanol–water partition coefficient (Wildman–Crippen LogP) is 8.18. The lowest BCUT2D eigenvalue weighted by Crippen LogP contribution is -2.26. The van der Waals surface area contributed by atoms with E-state index in [0.29, 0.717) is 47.3 Å². The van der Waals surface area contributed by atoms with Crippen LogP contribution in [0.2, 0.25) is 0 Å². The highest BCUT2D eigenvalue weighted by atomic mass is 16.7. The number of benzene rings is 4. The predicted molar refractivity (Wildman–Crippen MR) is 185 cm³/mol. The molecule has 6 rings (SSSR count). The van der Waals surface area contributed by atoms with Gasteiger partial charge in [0.15, 0.2) is 6.79 Å². The van der Waals surface area contributed by atoms with Crippen molar-refractivity contribution in [1.29, 1.82) is 0 Å². The van der Waals surface area contributed by atoms with Gasteiger partial charge in [-0.3, -0.25) is 4.79 Å². The fourth-order valence-corrected chi connectivity index (χ4v) is 5.36. The first kappa shape index (κ1) is 32.5. The van der Waals surface area contributed by atoms with Gasteiger partial charge in [0.05, 0.1) is 23.1 Å². The van der Waals surface area contributed by atoms with E-state index in [2.05, 4.69) is 0 Å². The first-order valence-corrected chi connectivity index (χ1v) is 16.0. The summed E-state index contributed by atoms with van der Waals surface area (Å²) >= 11 is 0. The number of rotatable bonds is 13. The third kappa shape index (κ3) is 7.73. The Morgan fingerprint density at radius 3 is 1.92 bits per heavy atom. The molecule has 0 radical (unpaired) electrons. The second-order valence-corrected chi connectivity index (χ2v) is 11.7. The fraction of sp³-hybridized carbons (Fsp3) is 0.225. The van der Waals surface area contributed by atoms with Crippen LogP contribution in [0.1, 0.15) is 32.3 Å². The van der Waals surface area contributed by atoms with Crippen LogP contribution in [0.25, 0.3) is 44.2 Å². The molecule has 2 heterocycles. The lowest BCUT2D eigenvalue weighted by molar-refractivity contribution is -0.166. The van der Waals surface area contributed by atoms with E-state index in [4.69, 9.17) is 23.0 Å². The Labute approximate surface area is 277 Å². The highest BCUT2D eigenvalue weighted by Gasteiger charge is 2.17. The Morgan fingerprint density at radius 1 is 0.729 bits per heavy atom. The van der Waals surface area contributed by atoms with Crippen LogP contribution in [-0.2, 0) is 20.7 Å². The number of carbonyl (C=O) groups is 1. The molecule has 0 saturated heterocycles. The van der Waals surface area contributed by atoms with E-state index in [1.54, 1.807) is 6.07 Å². The highest BCUT2D eigenvalue weighted by Crippen LogP contribution is 2.26. The number of fused-ring (bicyclic) bond motifs is 2. The summed E-state index contributed by atoms with van der Waals surface area (Å²) in [5, 5.41) is 1.59. The molecule has 2 atom stereocenters. The van der Waals surface area contributed by atoms with E-state index in [-0.39, 0.29) is 25.3 Å². The van der Waals surface area contributed by atoms with Gasteiger partial charge in [-0.05, 0) is 66.3 Å². The molecule has 8 nitrogen and oxygen atoms in total. The molecule has 0 aliphatic rings. The number of hydrogen-bond donors (Lipinski definition) is 0. The largest absolute Gasteiger partial charge is 0.491 e. The van der Waals surface area contributed by atoms with Gasteiger partial charge in [-0.1, -0.05) is 86.6 Å². The minimum atomic E-state index is -0.443. The van der Waals surface area contributed by atoms with Crippen molar-refractivity contribution in [2.45, 2.75) is 39.2 Å². The van der Waals surface area contributed by atoms with E-state index in [0.717, 1.165) is 27.5 Å². The maximum absolute atomic E-state index is 12.8. The summed E-state index contributed by atoms with van der Waals surface area (Å²) in [5.74, 6) is -0.0475. The molecule has 0 aliphatic heterocycles. The zero-order valence-corrected chi connectivity index (χ0v) is 26.8. The van der Waals surface area contributed by atoms with Gasteiger partial charge in [0, 0.05) is 16.8 Å². The standard InChI is InChI=1S/C40H36O8/c1-3-26(2)38(41)46-25-45-33(18-15-27-14-16-30-21-34(28-10-6-4-7-11-28)39(42)47-36(30)20-27)24-44-32-19-17-31-22-35(29-12-8-5-9-13-29)40(43)48-37(31)23-32/h4-14,16-17,19-23,26,33H,3,15,18,24-25H2,1-2H3. The van der Waals surface area contributed by atoms with Gasteiger partial charge in [-0.25, -0.2) is 9.59 Å². The molecule has 0 spiro atoms. The van der Waals surface area contributed by atoms with Crippen LogP contribution < -0.4 is 16.0 Å². The molecule has 8 heteroatoms. The zero-order valence-electron chi connectivity index (χ0n) is 26.8. The van der Waals surface area contributed by atoms with Gasteiger partial charge >= 0.3 is 17.2 Å². The maximum atomic E-state index is 12.8. The minimum absolute atomic E-state index is 0.155. The van der Waals surface area contributed by atoms with Crippen molar-refractivity contribution in [1.82, 2.24) is 0 Å². The molecule has 48 heavy (non-hydrogen) atoms. The number of esters is 1. The molecule has 0 N–H and O–H groups in total. The van der Waals surface area contributed by atoms with E-state index < -0.39 is 17.4 Å². The Morgan fingerprint density at radius 2 is 1.31 bits per heavy atom. The average Bonchev–Trinajstić information content (AvgIpc) is 3.12. The highest BCUT2D eigenvalue weighted by molar-refractivity contribution is 5.83. The molecule has 6 aromatic rings. The average molecular weight is 645 g/mol. The van der Waals surface area contributed by atoms with Crippen molar-refractivity contribution in [2.75, 3.05) is 13.4 Å². The summed E-state index contributed by atoms with van der Waals surface area (Å²) in [6.45, 7) is 3.68. The van der Waals surface area contributed by atoms with Crippen LogP contribution in [0.3, 0.4) is 0 Å². The molecular weight excluding hydrogens is 608 g/mol. The fourth-order valence-electron chi connectivity index (χ4n) is 5.36. The van der Waals surface area contributed by atoms with Crippen molar-refractivity contribution >= 4 is 27.9 Å². The Bertz CT molecular complexity index is 1990. The zero-order chi connectivity index (χ0) is 33.5. The second kappa shape index (κ2) is 15.0. The van der Waals surface area contributed by atoms with Crippen LogP contribution in [0, 0.1) is 5.92 Å². The molecule has 0 aliphatic carbocycles. The molecule has 0 amide bonds. The first-order valence-electron chi connectivity index (χ1n) is 16.0. The lowest BCUT2D eigenvalue weighted by atomic mass is 10.0. The SMILES string of the molecule is CCC(C)C(=O)OCOC(CCc1ccc2cc(-c3ccccc3)c(=O)oc2c1)COc1ccc2cc(-c3ccccc3)c(=O)oc2c1. The Hall–Kier alpha value is -5.47. The van der Waals surface area contributed by atoms with Crippen molar-refractivity contribution in [3.8, 4) is 28.0 Å². The third-order valence-electron chi connectivity index (χ3n) is 8.39. The minimum Gasteiger partial charge on any atom is -0.491 e. The lowest BCUT2D eigenvalue weighted by Gasteiger charge is -2.19. The van der Waals surface area contributed by atoms with Crippen molar-refractivity contribution in [3.63, 3.8) is 0 Å². The number of ether oxygens (including phenoxy) is 3. The van der Waals surface area contributed by atoms with Gasteiger partial charge in [0.2, 0.25) is 0 Å². The maximum Gasteiger partial charge on any atom is 0.344 e. The Kier molecular flexibility index (Phi) is 10.1. The van der Waals surface area contributed by atoms with Crippen LogP contribution in [0.5, 0.6) is 5.75 Å². The van der Waals surface area contributed by atoms with Crippen LogP contribution in [-0.4, -0.2) is 25.5 Å². The van der Waals surface area contributed by atoms with E-state index in [1.165, 1.54) is 0 Å². The molecule has 2 aromatic heterocycles. The summed E-state index contributed by atoms with van der Waals surface area (Å²) in [6.07, 6.45) is 1.34. The van der Waals surface area contributed by atoms with Crippen LogP contribution in [0.15, 0.2) is 128 Å². The summed E-state index contributed by atoms with van der Waals surface area (Å²) in [4.78, 5) is 37.8. The molecular formula is C40H36O8. The van der Waals surface area contributed by atoms with E-state index >= 15 is 0 Å². The van der Waals surface area contributed by atoms with E-state index in [1.807, 2.05) is 117 Å². The monoisotopic (exact) mass is 644 g/mol. The molecule has 4 aromatic carbocycles. The molecule has 2 unspecified atom stereocenters. The molecule has 0 saturated carbocycles. The van der Waals surface area contributed by atoms with Crippen molar-refractivity contribution in [2.24, 2.45) is 5.92 Å². The van der Waals surface area contributed by atoms with Crippen molar-refractivity contribution < 1.29 is 27.8 Å². The van der Waals surface area contributed by atoms with Gasteiger partial charge < -0.3 is 23.0 Å². The van der Waals surface area contributed by atoms with E-state index in [9.17, 15) is 14.4 Å². The molecule has 0 bridgehead atoms. The first-order chi connectivity index (χ1) is 23.4. The Balaban J connectivity index is 1.16. The normalized spacial score (nSPS) is 12.5. The topological polar surface area (TPSA) is 105 Å². The van der Waals surface area contributed by atoms with Crippen LogP contribution >= 0.6 is 0 Å². The summed E-state index contributed by atoms with van der Waals surface area (Å²) in [7, 11) is 0. The van der Waals surface area contributed by atoms with Gasteiger partial charge in [0.1, 0.15) is 23.5 Å². The summed E-state index contributed by atoms with van der Waals surface area (Å²) < 4.78 is 28.8. The smallest absolute Gasteiger partial charge is 0.344 e. The number of hydrogen-bond acceptors (Lipinski definition) is 8. The van der Waals surface area contributed by atoms with Crippen molar-refractivity contribution in [3.05, 3.63) is 136 Å². The summed E-state index contributed by atoms with van der Waals surface area (Å²) in [6, 6.07) is 33.6. The third-order valence-corrected chi connectivity index (χ3v) is 8.39. The molecule has 0 fully saturated rings.